The zero-order valence-electron chi connectivity index (χ0n) is 8.11. The van der Waals surface area contributed by atoms with E-state index in [2.05, 4.69) is 47.3 Å². The van der Waals surface area contributed by atoms with E-state index in [-0.39, 0.29) is 0 Å². The summed E-state index contributed by atoms with van der Waals surface area (Å²) in [7, 11) is 4.21. The molecule has 0 amide bonds. The summed E-state index contributed by atoms with van der Waals surface area (Å²) in [5.41, 5.74) is 1.22. The lowest BCUT2D eigenvalue weighted by molar-refractivity contribution is 0.367. The summed E-state index contributed by atoms with van der Waals surface area (Å²) in [6.07, 6.45) is 0.451. The van der Waals surface area contributed by atoms with Crippen LogP contribution in [-0.4, -0.2) is 38.5 Å². The van der Waals surface area contributed by atoms with Gasteiger partial charge >= 0.3 is 0 Å². The van der Waals surface area contributed by atoms with Gasteiger partial charge in [0.25, 0.3) is 0 Å². The fourth-order valence-corrected chi connectivity index (χ4v) is 1.62. The topological polar surface area (TPSA) is 15.8 Å². The molecule has 1 unspecified atom stereocenters. The van der Waals surface area contributed by atoms with E-state index in [1.165, 1.54) is 5.46 Å². The third kappa shape index (κ3) is 3.12. The Kier molecular flexibility index (Phi) is 3.26. The Morgan fingerprint density at radius 3 is 2.71 bits per heavy atom. The van der Waals surface area contributed by atoms with Gasteiger partial charge in [0, 0.05) is 11.0 Å². The minimum atomic E-state index is 0.451. The average Bonchev–Trinajstić information content (AvgIpc) is 2.93. The Bertz CT molecular complexity index is 299. The molecule has 0 N–H and O–H groups in total. The molecular formula is C10H12BBrNO. The highest BCUT2D eigenvalue weighted by molar-refractivity contribution is 9.10. The first-order chi connectivity index (χ1) is 6.74. The van der Waals surface area contributed by atoms with E-state index < -0.39 is 0 Å². The summed E-state index contributed by atoms with van der Waals surface area (Å²) in [6.45, 7) is 1.90. The van der Waals surface area contributed by atoms with E-state index in [0.717, 1.165) is 17.6 Å². The molecule has 14 heavy (non-hydrogen) atoms. The van der Waals surface area contributed by atoms with E-state index in [1.54, 1.807) is 0 Å². The van der Waals surface area contributed by atoms with Crippen molar-refractivity contribution in [3.05, 3.63) is 28.7 Å². The molecular weight excluding hydrogens is 241 g/mol. The molecule has 73 valence electrons. The first-order valence-electron chi connectivity index (χ1n) is 4.66. The molecule has 1 aromatic rings. The quantitative estimate of drug-likeness (QED) is 0.588. The number of ether oxygens (including phenoxy) is 1. The first kappa shape index (κ1) is 10.2. The molecule has 0 bridgehead atoms. The maximum Gasteiger partial charge on any atom is 0.247 e. The fourth-order valence-electron chi connectivity index (χ4n) is 1.35. The van der Waals surface area contributed by atoms with Crippen LogP contribution in [0.1, 0.15) is 0 Å². The van der Waals surface area contributed by atoms with Crippen molar-refractivity contribution in [2.75, 3.05) is 20.2 Å². The predicted molar refractivity (Wildman–Crippen MR) is 61.9 cm³/mol. The number of hydrogen-bond donors (Lipinski definition) is 0. The second-order valence-corrected chi connectivity index (χ2v) is 4.49. The van der Waals surface area contributed by atoms with Gasteiger partial charge in [0.1, 0.15) is 0 Å². The Morgan fingerprint density at radius 1 is 1.50 bits per heavy atom. The molecule has 1 radical (unpaired) electrons. The summed E-state index contributed by atoms with van der Waals surface area (Å²) in [4.78, 5) is 2.17. The van der Waals surface area contributed by atoms with Crippen LogP contribution in [0, 0.1) is 0 Å². The number of benzene rings is 1. The fraction of sp³-hybridized carbons (Fsp3) is 0.400. The number of hydrogen-bond acceptors (Lipinski definition) is 2. The summed E-state index contributed by atoms with van der Waals surface area (Å²) >= 11 is 3.41. The summed E-state index contributed by atoms with van der Waals surface area (Å²) in [5, 5.41) is 0. The van der Waals surface area contributed by atoms with Gasteiger partial charge < -0.3 is 9.55 Å². The first-order valence-corrected chi connectivity index (χ1v) is 5.45. The van der Waals surface area contributed by atoms with Crippen molar-refractivity contribution >= 4 is 28.8 Å². The Labute approximate surface area is 93.6 Å². The maximum atomic E-state index is 5.17. The van der Waals surface area contributed by atoms with Crippen LogP contribution in [0.15, 0.2) is 28.7 Å². The van der Waals surface area contributed by atoms with E-state index in [9.17, 15) is 0 Å². The molecule has 2 rings (SSSR count). The molecule has 1 aromatic carbocycles. The minimum Gasteiger partial charge on any atom is -0.372 e. The lowest BCUT2D eigenvalue weighted by atomic mass is 9.81. The Morgan fingerprint density at radius 2 is 2.14 bits per heavy atom. The molecule has 0 saturated carbocycles. The SMILES string of the molecule is CN([B]c1ccc(Br)cc1)CC1CO1. The van der Waals surface area contributed by atoms with Crippen molar-refractivity contribution < 1.29 is 4.74 Å². The van der Waals surface area contributed by atoms with Gasteiger partial charge in [-0.15, -0.1) is 0 Å². The normalized spacial score (nSPS) is 19.8. The molecule has 0 aliphatic carbocycles. The molecule has 1 fully saturated rings. The Hall–Kier alpha value is -0.315. The molecule has 2 nitrogen and oxygen atoms in total. The van der Waals surface area contributed by atoms with Gasteiger partial charge in [-0.2, -0.15) is 0 Å². The standard InChI is InChI=1S/C10H12BBrNO/c1-13(6-10-7-14-10)11-8-2-4-9(12)5-3-8/h2-5,10H,6-7H2,1H3. The summed E-state index contributed by atoms with van der Waals surface area (Å²) in [6, 6.07) is 8.28. The van der Waals surface area contributed by atoms with E-state index >= 15 is 0 Å². The van der Waals surface area contributed by atoms with Crippen LogP contribution in [0.5, 0.6) is 0 Å². The van der Waals surface area contributed by atoms with Crippen molar-refractivity contribution in [3.63, 3.8) is 0 Å². The van der Waals surface area contributed by atoms with Gasteiger partial charge in [-0.25, -0.2) is 0 Å². The molecule has 0 aromatic heterocycles. The van der Waals surface area contributed by atoms with Crippen LogP contribution in [0.4, 0.5) is 0 Å². The predicted octanol–water partition coefficient (Wildman–Crippen LogP) is 1.02. The summed E-state index contributed by atoms with van der Waals surface area (Å²) in [5.74, 6) is 0. The maximum absolute atomic E-state index is 5.17. The number of halogens is 1. The van der Waals surface area contributed by atoms with Gasteiger partial charge in [0.05, 0.1) is 12.7 Å². The largest absolute Gasteiger partial charge is 0.372 e. The summed E-state index contributed by atoms with van der Waals surface area (Å²) < 4.78 is 6.28. The Balaban J connectivity index is 1.85. The van der Waals surface area contributed by atoms with Crippen molar-refractivity contribution in [1.82, 2.24) is 4.81 Å². The minimum absolute atomic E-state index is 0.451. The van der Waals surface area contributed by atoms with Crippen LogP contribution in [0.25, 0.3) is 0 Å². The van der Waals surface area contributed by atoms with Crippen LogP contribution < -0.4 is 5.46 Å². The van der Waals surface area contributed by atoms with Crippen LogP contribution in [-0.2, 0) is 4.74 Å². The van der Waals surface area contributed by atoms with Gasteiger partial charge in [-0.1, -0.05) is 33.5 Å². The molecule has 4 heteroatoms. The molecule has 1 atom stereocenters. The zero-order valence-corrected chi connectivity index (χ0v) is 9.70. The van der Waals surface area contributed by atoms with Crippen LogP contribution in [0.3, 0.4) is 0 Å². The van der Waals surface area contributed by atoms with Crippen molar-refractivity contribution in [2.45, 2.75) is 6.10 Å². The van der Waals surface area contributed by atoms with Gasteiger partial charge in [0.15, 0.2) is 0 Å². The second kappa shape index (κ2) is 4.47. The molecule has 0 spiro atoms. The van der Waals surface area contributed by atoms with E-state index in [1.807, 2.05) is 12.1 Å². The van der Waals surface area contributed by atoms with Gasteiger partial charge in [0.2, 0.25) is 7.41 Å². The molecule has 1 aliphatic heterocycles. The zero-order chi connectivity index (χ0) is 9.97. The lowest BCUT2D eigenvalue weighted by Crippen LogP contribution is -2.35. The number of likely N-dealkylation sites (N-methyl/N-ethyl adjacent to an activating group) is 1. The van der Waals surface area contributed by atoms with Crippen molar-refractivity contribution in [1.29, 1.82) is 0 Å². The second-order valence-electron chi connectivity index (χ2n) is 3.58. The highest BCUT2D eigenvalue weighted by Crippen LogP contribution is 2.09. The average molecular weight is 253 g/mol. The highest BCUT2D eigenvalue weighted by atomic mass is 79.9. The number of rotatable bonds is 4. The number of epoxide rings is 1. The van der Waals surface area contributed by atoms with Crippen molar-refractivity contribution in [3.8, 4) is 0 Å². The van der Waals surface area contributed by atoms with Crippen molar-refractivity contribution in [2.24, 2.45) is 0 Å². The number of nitrogens with zero attached hydrogens (tertiary/aromatic N) is 1. The van der Waals surface area contributed by atoms with Gasteiger partial charge in [-0.3, -0.25) is 0 Å². The lowest BCUT2D eigenvalue weighted by Gasteiger charge is -2.13. The monoisotopic (exact) mass is 252 g/mol. The molecule has 1 heterocycles. The van der Waals surface area contributed by atoms with E-state index in [0.29, 0.717) is 6.10 Å². The highest BCUT2D eigenvalue weighted by Gasteiger charge is 2.23. The van der Waals surface area contributed by atoms with E-state index in [4.69, 9.17) is 4.74 Å². The van der Waals surface area contributed by atoms with Gasteiger partial charge in [-0.05, 0) is 19.2 Å². The smallest absolute Gasteiger partial charge is 0.247 e. The van der Waals surface area contributed by atoms with Crippen LogP contribution >= 0.6 is 15.9 Å². The third-order valence-electron chi connectivity index (χ3n) is 2.13. The molecule has 1 aliphatic rings. The third-order valence-corrected chi connectivity index (χ3v) is 2.66. The van der Waals surface area contributed by atoms with Crippen LogP contribution in [0.2, 0.25) is 0 Å². The molecule has 1 saturated heterocycles.